The molecule has 0 spiro atoms. The van der Waals surface area contributed by atoms with E-state index in [4.69, 9.17) is 19.9 Å². The molecular formula is C47H55N15O5. The Morgan fingerprint density at radius 3 is 1.52 bits per heavy atom. The van der Waals surface area contributed by atoms with E-state index >= 15 is 0 Å². The first-order chi connectivity index (χ1) is 31.7. The molecule has 67 heavy (non-hydrogen) atoms. The average molecular weight is 910 g/mol. The number of nitrogens with one attached hydrogen (secondary N) is 2. The zero-order chi connectivity index (χ0) is 48.5. The Balaban J connectivity index is 0.000000186. The number of carbonyl (C=O) groups is 2. The van der Waals surface area contributed by atoms with Gasteiger partial charge in [-0.15, -0.1) is 0 Å². The molecule has 20 nitrogen and oxygen atoms in total. The lowest BCUT2D eigenvalue weighted by molar-refractivity contribution is 0.0685. The number of anilines is 4. The highest BCUT2D eigenvalue weighted by Gasteiger charge is 2.23. The Bertz CT molecular complexity index is 2950. The molecule has 0 aliphatic heterocycles. The fraction of sp³-hybridized carbons (Fsp3) is 0.319. The van der Waals surface area contributed by atoms with Crippen LogP contribution in [0.3, 0.4) is 0 Å². The van der Waals surface area contributed by atoms with E-state index in [0.717, 1.165) is 44.8 Å². The number of hydrogen-bond donors (Lipinski definition) is 4. The predicted molar refractivity (Wildman–Crippen MR) is 251 cm³/mol. The molecule has 0 radical (unpaired) electrons. The Labute approximate surface area is 387 Å². The van der Waals surface area contributed by atoms with Crippen molar-refractivity contribution in [2.24, 2.45) is 19.8 Å². The number of aryl methyl sites for hydroxylation is 5. The predicted octanol–water partition coefficient (Wildman–Crippen LogP) is 7.88. The minimum absolute atomic E-state index is 0.0266. The maximum absolute atomic E-state index is 12.6. The average Bonchev–Trinajstić information content (AvgIpc) is 4.13. The second-order valence-electron chi connectivity index (χ2n) is 17.7. The quantitative estimate of drug-likeness (QED) is 0.0849. The molecule has 8 aromatic rings. The van der Waals surface area contributed by atoms with Gasteiger partial charge in [0.1, 0.15) is 29.9 Å². The summed E-state index contributed by atoms with van der Waals surface area (Å²) in [6, 6.07) is 15.2. The second kappa shape index (κ2) is 20.9. The molecule has 0 unspecified atom stereocenters. The Morgan fingerprint density at radius 1 is 0.672 bits per heavy atom. The first kappa shape index (κ1) is 48.5. The maximum Gasteiger partial charge on any atom is 0.358 e. The highest BCUT2D eigenvalue weighted by Crippen LogP contribution is 2.26. The van der Waals surface area contributed by atoms with Gasteiger partial charge in [0.2, 0.25) is 11.9 Å². The van der Waals surface area contributed by atoms with Crippen LogP contribution >= 0.6 is 0 Å². The molecule has 0 bridgehead atoms. The zero-order valence-electron chi connectivity index (χ0n) is 39.2. The van der Waals surface area contributed by atoms with Crippen molar-refractivity contribution >= 4 is 35.0 Å². The van der Waals surface area contributed by atoms with E-state index in [0.29, 0.717) is 60.1 Å². The van der Waals surface area contributed by atoms with Crippen molar-refractivity contribution in [3.8, 4) is 22.8 Å². The Kier molecular flexibility index (Phi) is 15.1. The molecule has 0 aliphatic carbocycles. The van der Waals surface area contributed by atoms with E-state index in [1.807, 2.05) is 118 Å². The van der Waals surface area contributed by atoms with Gasteiger partial charge in [0.25, 0.3) is 0 Å². The van der Waals surface area contributed by atoms with Crippen LogP contribution in [0.25, 0.3) is 22.8 Å². The number of ketones is 1. The van der Waals surface area contributed by atoms with E-state index in [9.17, 15) is 9.59 Å². The smallest absolute Gasteiger partial charge is 0.358 e. The summed E-state index contributed by atoms with van der Waals surface area (Å²) in [5, 5.41) is 30.4. The number of nitrogens with two attached hydrogens (primary N) is 1. The molecule has 0 amide bonds. The summed E-state index contributed by atoms with van der Waals surface area (Å²) >= 11 is 0. The number of rotatable bonds is 12. The summed E-state index contributed by atoms with van der Waals surface area (Å²) in [7, 11) is 3.70. The topological polar surface area (TPSA) is 269 Å². The minimum Gasteiger partial charge on any atom is -0.476 e. The molecule has 20 heteroatoms. The SMILES string of the molecule is CC(C)(C)c1cc(C(=O)O)no1.Cc1cc(-c2ncnc(Nc3cnn(C)c3)n2)ccc1CCC(=O)c1cc(C(C)(C)C)on1.Cc1cc(-c2ncnc(Nc3cnn(C)c3)n2)ccc1CN. The molecule has 6 aromatic heterocycles. The van der Waals surface area contributed by atoms with Crippen molar-refractivity contribution in [3.63, 3.8) is 0 Å². The number of nitrogens with zero attached hydrogens (tertiary/aromatic N) is 12. The van der Waals surface area contributed by atoms with Gasteiger partial charge in [-0.05, 0) is 54.7 Å². The first-order valence-corrected chi connectivity index (χ1v) is 21.3. The lowest BCUT2D eigenvalue weighted by atomic mass is 9.92. The van der Waals surface area contributed by atoms with Crippen LogP contribution in [0.15, 0.2) is 95.0 Å². The van der Waals surface area contributed by atoms with E-state index in [-0.39, 0.29) is 22.3 Å². The number of carboxylic acid groups (broad SMARTS) is 1. The fourth-order valence-electron chi connectivity index (χ4n) is 6.27. The van der Waals surface area contributed by atoms with Crippen molar-refractivity contribution in [1.29, 1.82) is 0 Å². The number of aromatic carboxylic acids is 1. The van der Waals surface area contributed by atoms with E-state index in [1.54, 1.807) is 27.8 Å². The third-order valence-corrected chi connectivity index (χ3v) is 10.1. The van der Waals surface area contributed by atoms with Crippen molar-refractivity contribution in [1.82, 2.24) is 59.8 Å². The standard InChI is InChI=1S/C24H27N7O2.C15H17N7.C8H11NO3/c1-15-10-17(22-25-14-26-23(29-22)28-18-12-27-31(5)13-18)7-6-16(15)8-9-20(32)19-11-21(33-30-19)24(2,3)4;1-10-5-11(3-4-12(10)6-16)14-17-9-18-15(21-14)20-13-7-19-22(2)8-13;1-8(2,3)6-4-5(7(10)11)9-12-6/h6-7,10-14H,8-9H2,1-5H3,(H,25,26,28,29);3-5,7-9H,6,16H2,1-2H3,(H,17,18,20,21);4H,1-3H3,(H,10,11). The lowest BCUT2D eigenvalue weighted by Gasteiger charge is -2.12. The molecular weight excluding hydrogens is 855 g/mol. The van der Waals surface area contributed by atoms with Crippen molar-refractivity contribution < 1.29 is 23.7 Å². The van der Waals surface area contributed by atoms with Gasteiger partial charge in [-0.3, -0.25) is 14.2 Å². The van der Waals surface area contributed by atoms with Gasteiger partial charge in [0.15, 0.2) is 23.1 Å². The van der Waals surface area contributed by atoms with Crippen LogP contribution in [-0.4, -0.2) is 76.6 Å². The molecule has 0 saturated heterocycles. The third-order valence-electron chi connectivity index (χ3n) is 10.1. The summed E-state index contributed by atoms with van der Waals surface area (Å²) in [6.45, 7) is 16.4. The van der Waals surface area contributed by atoms with Crippen molar-refractivity contribution in [3.05, 3.63) is 131 Å². The summed E-state index contributed by atoms with van der Waals surface area (Å²) < 4.78 is 13.6. The highest BCUT2D eigenvalue weighted by molar-refractivity contribution is 5.94. The van der Waals surface area contributed by atoms with Gasteiger partial charge in [0.05, 0.1) is 23.8 Å². The van der Waals surface area contributed by atoms with Gasteiger partial charge in [-0.1, -0.05) is 76.1 Å². The lowest BCUT2D eigenvalue weighted by Crippen LogP contribution is -2.09. The highest BCUT2D eigenvalue weighted by atomic mass is 16.5. The van der Waals surface area contributed by atoms with Gasteiger partial charge in [-0.2, -0.15) is 20.2 Å². The van der Waals surface area contributed by atoms with Gasteiger partial charge < -0.3 is 30.5 Å². The largest absolute Gasteiger partial charge is 0.476 e. The molecule has 0 fully saturated rings. The molecule has 6 heterocycles. The van der Waals surface area contributed by atoms with Gasteiger partial charge in [0, 0.05) is 73.5 Å². The third kappa shape index (κ3) is 13.3. The number of benzene rings is 2. The minimum atomic E-state index is -1.06. The van der Waals surface area contributed by atoms with Crippen LogP contribution in [0.1, 0.15) is 103 Å². The van der Waals surface area contributed by atoms with Gasteiger partial charge in [-0.25, -0.2) is 24.7 Å². The molecule has 0 aliphatic rings. The molecule has 8 rings (SSSR count). The molecule has 0 saturated carbocycles. The second-order valence-corrected chi connectivity index (χ2v) is 17.7. The van der Waals surface area contributed by atoms with Crippen molar-refractivity contribution in [2.75, 3.05) is 10.6 Å². The summed E-state index contributed by atoms with van der Waals surface area (Å²) in [6.07, 6.45) is 11.1. The fourth-order valence-corrected chi connectivity index (χ4v) is 6.27. The van der Waals surface area contributed by atoms with E-state index < -0.39 is 5.97 Å². The summed E-state index contributed by atoms with van der Waals surface area (Å²) in [4.78, 5) is 48.8. The number of aromatic nitrogens is 12. The van der Waals surface area contributed by atoms with E-state index in [2.05, 4.69) is 61.0 Å². The van der Waals surface area contributed by atoms with Crippen LogP contribution in [-0.2, 0) is 37.9 Å². The zero-order valence-corrected chi connectivity index (χ0v) is 39.2. The monoisotopic (exact) mass is 909 g/mol. The maximum atomic E-state index is 12.6. The van der Waals surface area contributed by atoms with Crippen LogP contribution in [0.2, 0.25) is 0 Å². The molecule has 2 aromatic carbocycles. The molecule has 5 N–H and O–H groups in total. The summed E-state index contributed by atoms with van der Waals surface area (Å²) in [5.74, 6) is 2.32. The van der Waals surface area contributed by atoms with Crippen LogP contribution in [0.4, 0.5) is 23.3 Å². The summed E-state index contributed by atoms with van der Waals surface area (Å²) in [5.41, 5.74) is 13.5. The van der Waals surface area contributed by atoms with Crippen LogP contribution in [0.5, 0.6) is 0 Å². The number of carboxylic acids is 1. The van der Waals surface area contributed by atoms with E-state index in [1.165, 1.54) is 18.7 Å². The Morgan fingerprint density at radius 2 is 1.13 bits per heavy atom. The number of hydrogen-bond acceptors (Lipinski definition) is 17. The van der Waals surface area contributed by atoms with Crippen LogP contribution < -0.4 is 16.4 Å². The molecule has 348 valence electrons. The first-order valence-electron chi connectivity index (χ1n) is 21.3. The number of Topliss-reactive ketones (excluding diaryl/α,β-unsaturated/α-hetero) is 1. The van der Waals surface area contributed by atoms with Gasteiger partial charge >= 0.3 is 5.97 Å². The van der Waals surface area contributed by atoms with Crippen molar-refractivity contribution in [2.45, 2.75) is 85.6 Å². The Hall–Kier alpha value is -8.00. The number of carbonyl (C=O) groups excluding carboxylic acids is 1. The molecule has 0 atom stereocenters. The van der Waals surface area contributed by atoms with Crippen LogP contribution in [0, 0.1) is 13.8 Å². The normalized spacial score (nSPS) is 11.3.